The van der Waals surface area contributed by atoms with Crippen LogP contribution in [0, 0.1) is 12.7 Å². The fourth-order valence-corrected chi connectivity index (χ4v) is 7.71. The molecule has 0 N–H and O–H groups in total. The molecule has 1 fully saturated rings. The molecule has 1 spiro atoms. The molecule has 42 heavy (non-hydrogen) atoms. The lowest BCUT2D eigenvalue weighted by molar-refractivity contribution is 0.0780. The van der Waals surface area contributed by atoms with Crippen molar-refractivity contribution in [2.75, 3.05) is 50.3 Å². The SMILES string of the molecule is Cc1cccc(C(=O)N(C)C[C@@H](CCN2CCC3(CC2)CN(S(C)(=O)=O)c2ccc(F)cc23)c2ccc(Cl)c(Cl)c2)c1. The van der Waals surface area contributed by atoms with Crippen LogP contribution in [0.25, 0.3) is 0 Å². The number of aryl methyl sites for hydroxylation is 1. The van der Waals surface area contributed by atoms with Gasteiger partial charge in [-0.25, -0.2) is 12.8 Å². The van der Waals surface area contributed by atoms with E-state index in [0.717, 1.165) is 55.6 Å². The van der Waals surface area contributed by atoms with Gasteiger partial charge >= 0.3 is 0 Å². The van der Waals surface area contributed by atoms with E-state index in [1.54, 1.807) is 17.0 Å². The predicted molar refractivity (Wildman–Crippen MR) is 168 cm³/mol. The molecule has 0 saturated carbocycles. The first-order valence-corrected chi connectivity index (χ1v) is 16.7. The Hall–Kier alpha value is -2.65. The molecule has 5 rings (SSSR count). The smallest absolute Gasteiger partial charge is 0.253 e. The lowest BCUT2D eigenvalue weighted by atomic mass is 9.74. The summed E-state index contributed by atoms with van der Waals surface area (Å²) in [4.78, 5) is 17.4. The topological polar surface area (TPSA) is 60.9 Å². The molecular formula is C32H36Cl2FN3O3S. The number of halogens is 3. The van der Waals surface area contributed by atoms with Gasteiger partial charge in [-0.15, -0.1) is 0 Å². The number of carbonyl (C=O) groups is 1. The van der Waals surface area contributed by atoms with E-state index >= 15 is 0 Å². The van der Waals surface area contributed by atoms with Crippen LogP contribution >= 0.6 is 23.2 Å². The highest BCUT2D eigenvalue weighted by molar-refractivity contribution is 7.92. The highest BCUT2D eigenvalue weighted by Crippen LogP contribution is 2.48. The molecule has 2 heterocycles. The van der Waals surface area contributed by atoms with Crippen molar-refractivity contribution in [3.05, 3.63) is 98.8 Å². The Bertz CT molecular complexity index is 1590. The first-order chi connectivity index (χ1) is 19.9. The Labute approximate surface area is 258 Å². The molecule has 1 atom stereocenters. The van der Waals surface area contributed by atoms with Gasteiger partial charge in [-0.3, -0.25) is 9.10 Å². The number of sulfonamides is 1. The minimum atomic E-state index is -3.47. The lowest BCUT2D eigenvalue weighted by Gasteiger charge is -2.40. The van der Waals surface area contributed by atoms with Gasteiger partial charge in [-0.2, -0.15) is 0 Å². The van der Waals surface area contributed by atoms with Gasteiger partial charge in [0.15, 0.2) is 0 Å². The number of likely N-dealkylation sites (tertiary alicyclic amines) is 1. The first kappa shape index (κ1) is 30.8. The Kier molecular flexibility index (Phi) is 8.91. The molecule has 3 aromatic carbocycles. The van der Waals surface area contributed by atoms with Gasteiger partial charge < -0.3 is 9.80 Å². The molecule has 1 amide bonds. The lowest BCUT2D eigenvalue weighted by Crippen LogP contribution is -2.46. The molecule has 2 aliphatic rings. The maximum absolute atomic E-state index is 14.3. The Morgan fingerprint density at radius 2 is 1.79 bits per heavy atom. The molecule has 0 aliphatic carbocycles. The number of carbonyl (C=O) groups excluding carboxylic acids is 1. The average Bonchev–Trinajstić information content (AvgIpc) is 3.26. The maximum Gasteiger partial charge on any atom is 0.253 e. The third-order valence-corrected chi connectivity index (χ3v) is 10.6. The number of amides is 1. The van der Waals surface area contributed by atoms with E-state index in [0.29, 0.717) is 34.4 Å². The zero-order valence-electron chi connectivity index (χ0n) is 24.1. The molecule has 3 aromatic rings. The van der Waals surface area contributed by atoms with Crippen LogP contribution in [-0.2, 0) is 15.4 Å². The monoisotopic (exact) mass is 631 g/mol. The van der Waals surface area contributed by atoms with Gasteiger partial charge in [0.2, 0.25) is 10.0 Å². The van der Waals surface area contributed by atoms with Crippen LogP contribution in [0.4, 0.5) is 10.1 Å². The van der Waals surface area contributed by atoms with Crippen molar-refractivity contribution in [2.45, 2.75) is 37.5 Å². The van der Waals surface area contributed by atoms with Crippen LogP contribution in [0.5, 0.6) is 0 Å². The summed E-state index contributed by atoms with van der Waals surface area (Å²) in [6.07, 6.45) is 3.46. The van der Waals surface area contributed by atoms with Crippen molar-refractivity contribution in [2.24, 2.45) is 0 Å². The second-order valence-electron chi connectivity index (χ2n) is 11.8. The van der Waals surface area contributed by atoms with Gasteiger partial charge in [0.1, 0.15) is 5.82 Å². The highest BCUT2D eigenvalue weighted by Gasteiger charge is 2.47. The zero-order valence-corrected chi connectivity index (χ0v) is 26.4. The number of likely N-dealkylation sites (N-methyl/N-ethyl adjacent to an activating group) is 1. The van der Waals surface area contributed by atoms with E-state index < -0.39 is 15.4 Å². The second kappa shape index (κ2) is 12.2. The van der Waals surface area contributed by atoms with Crippen LogP contribution in [0.3, 0.4) is 0 Å². The predicted octanol–water partition coefficient (Wildman–Crippen LogP) is 6.50. The Morgan fingerprint density at radius 1 is 1.05 bits per heavy atom. The van der Waals surface area contributed by atoms with Crippen LogP contribution in [0.1, 0.15) is 52.2 Å². The van der Waals surface area contributed by atoms with E-state index in [1.807, 2.05) is 50.4 Å². The Balaban J connectivity index is 1.29. The summed E-state index contributed by atoms with van der Waals surface area (Å²) in [5.41, 5.74) is 3.69. The van der Waals surface area contributed by atoms with E-state index in [9.17, 15) is 17.6 Å². The van der Waals surface area contributed by atoms with Crippen molar-refractivity contribution in [1.29, 1.82) is 0 Å². The van der Waals surface area contributed by atoms with Gasteiger partial charge in [0, 0.05) is 37.0 Å². The fourth-order valence-electron chi connectivity index (χ4n) is 6.40. The number of fused-ring (bicyclic) bond motifs is 2. The molecular weight excluding hydrogens is 596 g/mol. The minimum absolute atomic E-state index is 0.0245. The molecule has 0 radical (unpaired) electrons. The number of nitrogens with zero attached hydrogens (tertiary/aromatic N) is 3. The number of benzene rings is 3. The summed E-state index contributed by atoms with van der Waals surface area (Å²) in [7, 11) is -1.65. The standard InChI is InChI=1S/C32H36Cl2FN3O3S/c1-22-5-4-6-24(17-22)31(39)36(2)20-25(23-7-9-28(33)29(34)18-23)11-14-37-15-12-32(13-16-37)21-38(42(3,40)41)30-10-8-26(35)19-27(30)32/h4-10,17-19,25H,11-16,20-21H2,1-3H3/t25-/m1/s1. The molecule has 1 saturated heterocycles. The van der Waals surface area contributed by atoms with Gasteiger partial charge in [-0.05, 0) is 99.4 Å². The molecule has 2 aliphatic heterocycles. The largest absolute Gasteiger partial charge is 0.341 e. The third-order valence-electron chi connectivity index (χ3n) is 8.77. The number of piperidine rings is 1. The van der Waals surface area contributed by atoms with E-state index in [2.05, 4.69) is 4.90 Å². The maximum atomic E-state index is 14.3. The van der Waals surface area contributed by atoms with Crippen molar-refractivity contribution < 1.29 is 17.6 Å². The summed E-state index contributed by atoms with van der Waals surface area (Å²) in [5, 5.41) is 0.968. The summed E-state index contributed by atoms with van der Waals surface area (Å²) in [6, 6.07) is 17.7. The van der Waals surface area contributed by atoms with Crippen molar-refractivity contribution >= 4 is 44.8 Å². The van der Waals surface area contributed by atoms with Gasteiger partial charge in [0.25, 0.3) is 5.91 Å². The van der Waals surface area contributed by atoms with Crippen molar-refractivity contribution in [1.82, 2.24) is 9.80 Å². The number of hydrogen-bond acceptors (Lipinski definition) is 4. The quantitative estimate of drug-likeness (QED) is 0.285. The normalized spacial score (nSPS) is 17.3. The number of hydrogen-bond donors (Lipinski definition) is 0. The van der Waals surface area contributed by atoms with E-state index in [-0.39, 0.29) is 17.6 Å². The molecule has 6 nitrogen and oxygen atoms in total. The summed E-state index contributed by atoms with van der Waals surface area (Å²) in [5.74, 6) is -0.359. The van der Waals surface area contributed by atoms with Crippen molar-refractivity contribution in [3.8, 4) is 0 Å². The summed E-state index contributed by atoms with van der Waals surface area (Å²) in [6.45, 7) is 5.14. The van der Waals surface area contributed by atoms with E-state index in [1.165, 1.54) is 22.7 Å². The summed E-state index contributed by atoms with van der Waals surface area (Å²) >= 11 is 12.6. The molecule has 0 unspecified atom stereocenters. The van der Waals surface area contributed by atoms with E-state index in [4.69, 9.17) is 23.2 Å². The molecule has 0 aromatic heterocycles. The second-order valence-corrected chi connectivity index (χ2v) is 14.5. The number of anilines is 1. The van der Waals surface area contributed by atoms with Gasteiger partial charge in [0.05, 0.1) is 22.0 Å². The van der Waals surface area contributed by atoms with Crippen LogP contribution in [0.15, 0.2) is 60.7 Å². The number of rotatable bonds is 8. The molecule has 0 bridgehead atoms. The average molecular weight is 633 g/mol. The van der Waals surface area contributed by atoms with Gasteiger partial charge in [-0.1, -0.05) is 47.0 Å². The highest BCUT2D eigenvalue weighted by atomic mass is 35.5. The molecule has 10 heteroatoms. The zero-order chi connectivity index (χ0) is 30.2. The van der Waals surface area contributed by atoms with Crippen LogP contribution < -0.4 is 4.31 Å². The van der Waals surface area contributed by atoms with Crippen LogP contribution in [0.2, 0.25) is 10.0 Å². The van der Waals surface area contributed by atoms with Crippen molar-refractivity contribution in [3.63, 3.8) is 0 Å². The minimum Gasteiger partial charge on any atom is -0.341 e. The third kappa shape index (κ3) is 6.47. The fraction of sp³-hybridized carbons (Fsp3) is 0.406. The Morgan fingerprint density at radius 3 is 2.45 bits per heavy atom. The first-order valence-electron chi connectivity index (χ1n) is 14.1. The summed E-state index contributed by atoms with van der Waals surface area (Å²) < 4.78 is 40.8. The molecule has 224 valence electrons. The van der Waals surface area contributed by atoms with Crippen LogP contribution in [-0.4, -0.2) is 70.2 Å².